The predicted molar refractivity (Wildman–Crippen MR) is 241 cm³/mol. The molecule has 0 radical (unpaired) electrons. The van der Waals surface area contributed by atoms with Gasteiger partial charge in [-0.25, -0.2) is 0 Å². The van der Waals surface area contributed by atoms with Gasteiger partial charge < -0.3 is 9.13 Å². The molecule has 2 aromatic heterocycles. The van der Waals surface area contributed by atoms with Crippen LogP contribution in [-0.4, -0.2) is 9.13 Å². The van der Waals surface area contributed by atoms with E-state index in [-0.39, 0.29) is 0 Å². The average Bonchev–Trinajstić information content (AvgIpc) is 3.68. The fourth-order valence-corrected chi connectivity index (χ4v) is 8.86. The Hall–Kier alpha value is -7.42. The molecule has 8 aromatic carbocycles. The van der Waals surface area contributed by atoms with Crippen LogP contribution in [0.5, 0.6) is 0 Å². The Kier molecular flexibility index (Phi) is 7.93. The number of para-hydroxylation sites is 3. The van der Waals surface area contributed by atoms with Crippen LogP contribution in [0, 0.1) is 0 Å². The van der Waals surface area contributed by atoms with E-state index in [1.54, 1.807) is 0 Å². The fraction of sp³-hybridized carbons (Fsp3) is 0.0182. The second kappa shape index (κ2) is 13.7. The van der Waals surface area contributed by atoms with Gasteiger partial charge in [0.05, 0.1) is 16.6 Å². The van der Waals surface area contributed by atoms with Crippen LogP contribution in [0.2, 0.25) is 0 Å². The van der Waals surface area contributed by atoms with E-state index >= 15 is 0 Å². The molecule has 11 rings (SSSR count). The van der Waals surface area contributed by atoms with Crippen LogP contribution in [0.4, 0.5) is 0 Å². The molecule has 0 amide bonds. The van der Waals surface area contributed by atoms with Crippen molar-refractivity contribution in [3.8, 4) is 44.8 Å². The van der Waals surface area contributed by atoms with Gasteiger partial charge in [0, 0.05) is 45.2 Å². The third-order valence-corrected chi connectivity index (χ3v) is 11.6. The van der Waals surface area contributed by atoms with Crippen molar-refractivity contribution >= 4 is 44.4 Å². The number of benzene rings is 8. The zero-order chi connectivity index (χ0) is 37.7. The fourth-order valence-electron chi connectivity index (χ4n) is 8.86. The predicted octanol–water partition coefficient (Wildman–Crippen LogP) is 14.4. The van der Waals surface area contributed by atoms with Crippen molar-refractivity contribution in [2.45, 2.75) is 6.42 Å². The Morgan fingerprint density at radius 2 is 0.877 bits per heavy atom. The maximum absolute atomic E-state index is 2.47. The quantitative estimate of drug-likeness (QED) is 0.161. The van der Waals surface area contributed by atoms with Crippen LogP contribution >= 0.6 is 0 Å². The monoisotopic (exact) mass is 726 g/mol. The van der Waals surface area contributed by atoms with Crippen LogP contribution in [-0.2, 0) is 6.42 Å². The Balaban J connectivity index is 1.04. The van der Waals surface area contributed by atoms with Crippen molar-refractivity contribution < 1.29 is 0 Å². The van der Waals surface area contributed by atoms with Gasteiger partial charge in [-0.3, -0.25) is 0 Å². The number of allylic oxidation sites excluding steroid dienone is 3. The molecule has 0 N–H and O–H groups in total. The Labute approximate surface area is 332 Å². The standard InChI is InChI=1S/C55H38N2/c1-4-15-38(16-5-1)39-17-12-18-40(33-39)41-19-13-20-42(34-41)45-29-31-49-51-35-43(21-14-28-53(51)57(55(49)37-45)47-24-8-3-9-25-47)44-30-32-54-50(36-44)48-26-10-11-27-52(48)56(54)46-22-6-2-7-23-46/h1-27,29-37H,28H2. The van der Waals surface area contributed by atoms with Gasteiger partial charge in [0.15, 0.2) is 0 Å². The molecule has 0 fully saturated rings. The van der Waals surface area contributed by atoms with Crippen molar-refractivity contribution in [1.82, 2.24) is 9.13 Å². The van der Waals surface area contributed by atoms with Crippen LogP contribution in [0.3, 0.4) is 0 Å². The van der Waals surface area contributed by atoms with E-state index in [0.717, 1.165) is 6.42 Å². The maximum atomic E-state index is 2.47. The Morgan fingerprint density at radius 1 is 0.333 bits per heavy atom. The number of hydrogen-bond acceptors (Lipinski definition) is 0. The molecule has 0 atom stereocenters. The lowest BCUT2D eigenvalue weighted by Gasteiger charge is -2.12. The molecular weight excluding hydrogens is 689 g/mol. The molecule has 2 heteroatoms. The average molecular weight is 727 g/mol. The Morgan fingerprint density at radius 3 is 1.58 bits per heavy atom. The topological polar surface area (TPSA) is 9.86 Å². The van der Waals surface area contributed by atoms with Crippen LogP contribution in [0.15, 0.2) is 212 Å². The smallest absolute Gasteiger partial charge is 0.0544 e. The molecule has 2 heterocycles. The van der Waals surface area contributed by atoms with Crippen LogP contribution in [0.1, 0.15) is 16.8 Å². The highest BCUT2D eigenvalue weighted by Gasteiger charge is 2.20. The number of nitrogens with zero attached hydrogens (tertiary/aromatic N) is 2. The lowest BCUT2D eigenvalue weighted by atomic mass is 9.95. The molecule has 2 nitrogen and oxygen atoms in total. The van der Waals surface area contributed by atoms with Crippen LogP contribution < -0.4 is 0 Å². The summed E-state index contributed by atoms with van der Waals surface area (Å²) in [6.07, 6.45) is 7.89. The van der Waals surface area contributed by atoms with Gasteiger partial charge in [0.25, 0.3) is 0 Å². The first-order valence-electron chi connectivity index (χ1n) is 19.7. The molecule has 268 valence electrons. The van der Waals surface area contributed by atoms with Gasteiger partial charge in [0.1, 0.15) is 0 Å². The summed E-state index contributed by atoms with van der Waals surface area (Å²) in [5.74, 6) is 0. The van der Waals surface area contributed by atoms with Gasteiger partial charge in [-0.2, -0.15) is 0 Å². The first-order chi connectivity index (χ1) is 28.3. The number of aromatic nitrogens is 2. The second-order valence-electron chi connectivity index (χ2n) is 14.9. The van der Waals surface area contributed by atoms with Crippen molar-refractivity contribution in [3.63, 3.8) is 0 Å². The Bertz CT molecular complexity index is 3180. The molecule has 0 bridgehead atoms. The van der Waals surface area contributed by atoms with Gasteiger partial charge in [-0.15, -0.1) is 0 Å². The summed E-state index contributed by atoms with van der Waals surface area (Å²) in [7, 11) is 0. The highest BCUT2D eigenvalue weighted by Crippen LogP contribution is 2.40. The first-order valence-corrected chi connectivity index (χ1v) is 19.7. The summed E-state index contributed by atoms with van der Waals surface area (Å²) in [6, 6.07) is 72.7. The minimum atomic E-state index is 0.830. The van der Waals surface area contributed by atoms with Crippen molar-refractivity contribution in [2.75, 3.05) is 0 Å². The molecular formula is C55H38N2. The third-order valence-electron chi connectivity index (χ3n) is 11.6. The first kappa shape index (κ1) is 33.0. The zero-order valence-corrected chi connectivity index (χ0v) is 31.4. The molecule has 0 saturated carbocycles. The maximum Gasteiger partial charge on any atom is 0.0544 e. The summed E-state index contributed by atoms with van der Waals surface area (Å²) >= 11 is 0. The molecule has 1 aliphatic rings. The summed E-state index contributed by atoms with van der Waals surface area (Å²) < 4.78 is 4.86. The summed E-state index contributed by atoms with van der Waals surface area (Å²) in [4.78, 5) is 0. The van der Waals surface area contributed by atoms with Crippen molar-refractivity contribution in [1.29, 1.82) is 0 Å². The zero-order valence-electron chi connectivity index (χ0n) is 31.4. The molecule has 10 aromatic rings. The van der Waals surface area contributed by atoms with Gasteiger partial charge in [0.2, 0.25) is 0 Å². The van der Waals surface area contributed by atoms with E-state index in [4.69, 9.17) is 0 Å². The summed E-state index contributed by atoms with van der Waals surface area (Å²) in [5, 5.41) is 3.78. The molecule has 0 unspecified atom stereocenters. The SMILES string of the molecule is C1=CC(c2ccc3c(c2)c2ccccc2n3-c2ccccc2)=Cc2c(n(-c3ccccc3)c3cc(-c4cccc(-c5cccc(-c6ccccc6)c5)c4)ccc23)C1. The van der Waals surface area contributed by atoms with Gasteiger partial charge >= 0.3 is 0 Å². The van der Waals surface area contributed by atoms with E-state index in [2.05, 4.69) is 228 Å². The van der Waals surface area contributed by atoms with Crippen molar-refractivity contribution in [2.24, 2.45) is 0 Å². The van der Waals surface area contributed by atoms with Gasteiger partial charge in [-0.05, 0) is 111 Å². The second-order valence-corrected chi connectivity index (χ2v) is 14.9. The van der Waals surface area contributed by atoms with Crippen molar-refractivity contribution in [3.05, 3.63) is 229 Å². The molecule has 0 spiro atoms. The lowest BCUT2D eigenvalue weighted by Crippen LogP contribution is -2.00. The molecule has 57 heavy (non-hydrogen) atoms. The lowest BCUT2D eigenvalue weighted by molar-refractivity contribution is 1.00. The number of fused-ring (bicyclic) bond motifs is 6. The molecule has 1 aliphatic carbocycles. The normalized spacial score (nSPS) is 12.5. The van der Waals surface area contributed by atoms with E-state index in [1.807, 2.05) is 0 Å². The van der Waals surface area contributed by atoms with E-state index in [9.17, 15) is 0 Å². The minimum Gasteiger partial charge on any atom is -0.313 e. The van der Waals surface area contributed by atoms with E-state index < -0.39 is 0 Å². The van der Waals surface area contributed by atoms with E-state index in [0.29, 0.717) is 0 Å². The molecule has 0 saturated heterocycles. The summed E-state index contributed by atoms with van der Waals surface area (Å²) in [5.41, 5.74) is 18.3. The molecule has 0 aliphatic heterocycles. The minimum absolute atomic E-state index is 0.830. The van der Waals surface area contributed by atoms with E-state index in [1.165, 1.54) is 99.9 Å². The highest BCUT2D eigenvalue weighted by molar-refractivity contribution is 6.11. The third kappa shape index (κ3) is 5.73. The largest absolute Gasteiger partial charge is 0.313 e. The highest BCUT2D eigenvalue weighted by atomic mass is 15.0. The van der Waals surface area contributed by atoms with Crippen LogP contribution in [0.25, 0.3) is 89.1 Å². The number of hydrogen-bond donors (Lipinski definition) is 0. The summed E-state index contributed by atoms with van der Waals surface area (Å²) in [6.45, 7) is 0. The number of rotatable bonds is 6. The van der Waals surface area contributed by atoms with Gasteiger partial charge in [-0.1, -0.05) is 152 Å².